The Morgan fingerprint density at radius 3 is 2.17 bits per heavy atom. The summed E-state index contributed by atoms with van der Waals surface area (Å²) < 4.78 is 28.0. The summed E-state index contributed by atoms with van der Waals surface area (Å²) in [5, 5.41) is 2.97. The normalized spacial score (nSPS) is 14.9. The molecule has 1 amide bonds. The highest BCUT2D eigenvalue weighted by Gasteiger charge is 2.27. The number of carbonyl (C=O) groups is 1. The summed E-state index contributed by atoms with van der Waals surface area (Å²) in [5.74, 6) is -0.363. The lowest BCUT2D eigenvalue weighted by Gasteiger charge is -2.29. The molecule has 4 rings (SSSR count). The molecule has 1 N–H and O–H groups in total. The van der Waals surface area contributed by atoms with E-state index < -0.39 is 10.0 Å². The van der Waals surface area contributed by atoms with E-state index in [4.69, 9.17) is 0 Å². The van der Waals surface area contributed by atoms with Crippen LogP contribution in [0.25, 0.3) is 0 Å². The molecule has 6 nitrogen and oxygen atoms in total. The third-order valence-corrected chi connectivity index (χ3v) is 8.22. The Hall–Kier alpha value is -3.32. The van der Waals surface area contributed by atoms with Crippen molar-refractivity contribution in [2.75, 3.05) is 28.8 Å². The van der Waals surface area contributed by atoms with Gasteiger partial charge >= 0.3 is 0 Å². The number of amides is 1. The van der Waals surface area contributed by atoms with Gasteiger partial charge in [0.2, 0.25) is 5.91 Å². The van der Waals surface area contributed by atoms with Crippen molar-refractivity contribution in [1.82, 2.24) is 5.32 Å². The van der Waals surface area contributed by atoms with Gasteiger partial charge in [0.15, 0.2) is 0 Å². The Labute approximate surface area is 208 Å². The van der Waals surface area contributed by atoms with Gasteiger partial charge in [0.05, 0.1) is 16.6 Å². The smallest absolute Gasteiger partial charge is 0.264 e. The molecule has 1 atom stereocenters. The van der Waals surface area contributed by atoms with Crippen LogP contribution in [0.3, 0.4) is 0 Å². The SMILES string of the molecule is Cc1ccc(N(CC(=O)NC(C)c2ccc(N3CCCCC3)cc2)S(=O)(=O)c2ccccc2)cc1. The number of anilines is 2. The van der Waals surface area contributed by atoms with E-state index in [-0.39, 0.29) is 23.4 Å². The van der Waals surface area contributed by atoms with E-state index in [0.29, 0.717) is 5.69 Å². The fraction of sp³-hybridized carbons (Fsp3) is 0.321. The molecule has 0 aliphatic carbocycles. The lowest BCUT2D eigenvalue weighted by atomic mass is 10.1. The predicted molar refractivity (Wildman–Crippen MR) is 141 cm³/mol. The Bertz CT molecular complexity index is 1220. The number of aryl methyl sites for hydroxylation is 1. The van der Waals surface area contributed by atoms with E-state index in [0.717, 1.165) is 24.2 Å². The van der Waals surface area contributed by atoms with E-state index in [1.54, 1.807) is 42.5 Å². The van der Waals surface area contributed by atoms with Gasteiger partial charge in [0.25, 0.3) is 10.0 Å². The number of carbonyl (C=O) groups excluding carboxylic acids is 1. The van der Waals surface area contributed by atoms with E-state index in [1.165, 1.54) is 29.3 Å². The summed E-state index contributed by atoms with van der Waals surface area (Å²) in [4.78, 5) is 15.6. The van der Waals surface area contributed by atoms with Crippen LogP contribution in [-0.2, 0) is 14.8 Å². The van der Waals surface area contributed by atoms with Gasteiger partial charge in [0.1, 0.15) is 6.54 Å². The summed E-state index contributed by atoms with van der Waals surface area (Å²) >= 11 is 0. The molecular weight excluding hydrogens is 458 g/mol. The van der Waals surface area contributed by atoms with Gasteiger partial charge < -0.3 is 10.2 Å². The monoisotopic (exact) mass is 491 g/mol. The number of rotatable bonds is 8. The summed E-state index contributed by atoms with van der Waals surface area (Å²) in [6.45, 7) is 5.70. The van der Waals surface area contributed by atoms with E-state index in [1.807, 2.05) is 38.1 Å². The van der Waals surface area contributed by atoms with Crippen molar-refractivity contribution in [3.63, 3.8) is 0 Å². The van der Waals surface area contributed by atoms with Crippen LogP contribution in [0.1, 0.15) is 43.4 Å². The zero-order valence-corrected chi connectivity index (χ0v) is 21.2. The number of hydrogen-bond donors (Lipinski definition) is 1. The van der Waals surface area contributed by atoms with Crippen LogP contribution in [0.15, 0.2) is 83.8 Å². The van der Waals surface area contributed by atoms with Crippen LogP contribution < -0.4 is 14.5 Å². The van der Waals surface area contributed by atoms with Gasteiger partial charge in [-0.2, -0.15) is 0 Å². The van der Waals surface area contributed by atoms with E-state index in [9.17, 15) is 13.2 Å². The van der Waals surface area contributed by atoms with Gasteiger partial charge in [-0.25, -0.2) is 8.42 Å². The molecular formula is C28H33N3O3S. The molecule has 1 fully saturated rings. The fourth-order valence-electron chi connectivity index (χ4n) is 4.37. The average molecular weight is 492 g/mol. The van der Waals surface area contributed by atoms with E-state index >= 15 is 0 Å². The van der Waals surface area contributed by atoms with Crippen molar-refractivity contribution in [2.45, 2.75) is 44.0 Å². The van der Waals surface area contributed by atoms with Crippen molar-refractivity contribution in [1.29, 1.82) is 0 Å². The second-order valence-electron chi connectivity index (χ2n) is 9.09. The standard InChI is InChI=1S/C28H33N3O3S/c1-22-11-15-26(16-12-22)31(35(33,34)27-9-5-3-6-10-27)21-28(32)29-23(2)24-13-17-25(18-14-24)30-19-7-4-8-20-30/h3,5-6,9-18,23H,4,7-8,19-21H2,1-2H3,(H,29,32). The van der Waals surface area contributed by atoms with Crippen LogP contribution in [0.4, 0.5) is 11.4 Å². The van der Waals surface area contributed by atoms with Crippen LogP contribution in [0.2, 0.25) is 0 Å². The number of sulfonamides is 1. The van der Waals surface area contributed by atoms with Crippen molar-refractivity contribution in [3.8, 4) is 0 Å². The first kappa shape index (κ1) is 24.8. The first-order valence-corrected chi connectivity index (χ1v) is 13.6. The Morgan fingerprint density at radius 2 is 1.54 bits per heavy atom. The van der Waals surface area contributed by atoms with Crippen molar-refractivity contribution in [2.24, 2.45) is 0 Å². The molecule has 7 heteroatoms. The zero-order chi connectivity index (χ0) is 24.8. The molecule has 0 aromatic heterocycles. The first-order chi connectivity index (χ1) is 16.8. The molecule has 0 bridgehead atoms. The molecule has 1 unspecified atom stereocenters. The Morgan fingerprint density at radius 1 is 0.914 bits per heavy atom. The molecule has 35 heavy (non-hydrogen) atoms. The summed E-state index contributed by atoms with van der Waals surface area (Å²) in [6, 6.07) is 23.4. The largest absolute Gasteiger partial charge is 0.372 e. The van der Waals surface area contributed by atoms with Gasteiger partial charge in [0, 0.05) is 18.8 Å². The molecule has 184 valence electrons. The second kappa shape index (κ2) is 11.0. The van der Waals surface area contributed by atoms with Crippen LogP contribution in [0.5, 0.6) is 0 Å². The topological polar surface area (TPSA) is 69.7 Å². The molecule has 1 saturated heterocycles. The second-order valence-corrected chi connectivity index (χ2v) is 11.0. The fourth-order valence-corrected chi connectivity index (χ4v) is 5.81. The number of nitrogens with zero attached hydrogens (tertiary/aromatic N) is 2. The summed E-state index contributed by atoms with van der Waals surface area (Å²) in [7, 11) is -3.91. The van der Waals surface area contributed by atoms with Gasteiger partial charge in [-0.05, 0) is 75.1 Å². The molecule has 0 radical (unpaired) electrons. The van der Waals surface area contributed by atoms with Crippen LogP contribution in [0, 0.1) is 6.92 Å². The van der Waals surface area contributed by atoms with Crippen molar-refractivity contribution >= 4 is 27.3 Å². The summed E-state index contributed by atoms with van der Waals surface area (Å²) in [6.07, 6.45) is 3.73. The molecule has 1 heterocycles. The third-order valence-electron chi connectivity index (χ3n) is 6.43. The van der Waals surface area contributed by atoms with Crippen LogP contribution in [-0.4, -0.2) is 34.0 Å². The molecule has 0 saturated carbocycles. The Balaban J connectivity index is 1.49. The Kier molecular flexibility index (Phi) is 7.76. The lowest BCUT2D eigenvalue weighted by molar-refractivity contribution is -0.120. The zero-order valence-electron chi connectivity index (χ0n) is 20.4. The molecule has 3 aromatic rings. The number of benzene rings is 3. The highest BCUT2D eigenvalue weighted by Crippen LogP contribution is 2.25. The van der Waals surface area contributed by atoms with Gasteiger partial charge in [-0.15, -0.1) is 0 Å². The van der Waals surface area contributed by atoms with Crippen molar-refractivity contribution in [3.05, 3.63) is 90.0 Å². The first-order valence-electron chi connectivity index (χ1n) is 12.1. The van der Waals surface area contributed by atoms with Crippen LogP contribution >= 0.6 is 0 Å². The molecule has 1 aliphatic rings. The summed E-state index contributed by atoms with van der Waals surface area (Å²) in [5.41, 5.74) is 3.64. The van der Waals surface area contributed by atoms with Crippen molar-refractivity contribution < 1.29 is 13.2 Å². The maximum atomic E-state index is 13.4. The maximum Gasteiger partial charge on any atom is 0.264 e. The number of nitrogens with one attached hydrogen (secondary N) is 1. The molecule has 0 spiro atoms. The number of piperidine rings is 1. The minimum atomic E-state index is -3.91. The quantitative estimate of drug-likeness (QED) is 0.478. The maximum absolute atomic E-state index is 13.4. The predicted octanol–water partition coefficient (Wildman–Crippen LogP) is 5.06. The highest BCUT2D eigenvalue weighted by molar-refractivity contribution is 7.92. The average Bonchev–Trinajstić information content (AvgIpc) is 2.89. The minimum absolute atomic E-state index is 0.148. The lowest BCUT2D eigenvalue weighted by Crippen LogP contribution is -2.41. The minimum Gasteiger partial charge on any atom is -0.372 e. The van der Waals surface area contributed by atoms with E-state index in [2.05, 4.69) is 22.3 Å². The number of hydrogen-bond acceptors (Lipinski definition) is 4. The molecule has 3 aromatic carbocycles. The van der Waals surface area contributed by atoms with Gasteiger partial charge in [-0.1, -0.05) is 48.0 Å². The highest BCUT2D eigenvalue weighted by atomic mass is 32.2. The molecule has 1 aliphatic heterocycles. The van der Waals surface area contributed by atoms with Gasteiger partial charge in [-0.3, -0.25) is 9.10 Å². The third kappa shape index (κ3) is 6.03.